The molecule has 7 nitrogen and oxygen atoms in total. The SMILES string of the molecule is Cc1sc2c(c1C)C(c1ccc(Cl)cc1)=NC(CC(=O)NCCCN(C)C)c1nnc(C)n1-2. The number of benzene rings is 1. The molecule has 4 rings (SSSR count). The van der Waals surface area contributed by atoms with Gasteiger partial charge in [-0.2, -0.15) is 0 Å². The molecule has 0 saturated heterocycles. The Kier molecular flexibility index (Phi) is 6.97. The van der Waals surface area contributed by atoms with Gasteiger partial charge in [0.2, 0.25) is 5.91 Å². The highest BCUT2D eigenvalue weighted by molar-refractivity contribution is 7.15. The molecular weight excluding hydrogens is 456 g/mol. The van der Waals surface area contributed by atoms with Crippen molar-refractivity contribution in [1.29, 1.82) is 0 Å². The molecule has 2 aromatic heterocycles. The predicted molar refractivity (Wildman–Crippen MR) is 134 cm³/mol. The fourth-order valence-electron chi connectivity index (χ4n) is 4.00. The van der Waals surface area contributed by atoms with E-state index in [-0.39, 0.29) is 12.3 Å². The van der Waals surface area contributed by atoms with Crippen molar-refractivity contribution in [2.45, 2.75) is 39.7 Å². The molecule has 174 valence electrons. The molecule has 1 amide bonds. The van der Waals surface area contributed by atoms with E-state index in [9.17, 15) is 4.79 Å². The molecule has 9 heteroatoms. The van der Waals surface area contributed by atoms with E-state index in [0.717, 1.165) is 40.6 Å². The van der Waals surface area contributed by atoms with Crippen LogP contribution in [0.2, 0.25) is 5.02 Å². The Morgan fingerprint density at radius 3 is 2.61 bits per heavy atom. The van der Waals surface area contributed by atoms with Gasteiger partial charge in [-0.25, -0.2) is 0 Å². The summed E-state index contributed by atoms with van der Waals surface area (Å²) in [6.45, 7) is 7.74. The van der Waals surface area contributed by atoms with Crippen LogP contribution in [0.5, 0.6) is 0 Å². The van der Waals surface area contributed by atoms with Gasteiger partial charge < -0.3 is 10.2 Å². The number of nitrogens with one attached hydrogen (secondary N) is 1. The minimum atomic E-state index is -0.440. The van der Waals surface area contributed by atoms with Gasteiger partial charge in [0.1, 0.15) is 16.9 Å². The van der Waals surface area contributed by atoms with Crippen LogP contribution in [0.3, 0.4) is 0 Å². The lowest BCUT2D eigenvalue weighted by Gasteiger charge is -2.14. The van der Waals surface area contributed by atoms with Gasteiger partial charge in [-0.05, 0) is 65.5 Å². The Morgan fingerprint density at radius 1 is 1.18 bits per heavy atom. The summed E-state index contributed by atoms with van der Waals surface area (Å²) in [5, 5.41) is 13.5. The number of hydrogen-bond acceptors (Lipinski definition) is 6. The number of hydrogen-bond donors (Lipinski definition) is 1. The zero-order chi connectivity index (χ0) is 23.7. The Morgan fingerprint density at radius 2 is 1.91 bits per heavy atom. The number of nitrogens with zero attached hydrogens (tertiary/aromatic N) is 5. The number of halogens is 1. The van der Waals surface area contributed by atoms with Gasteiger partial charge in [0.05, 0.1) is 12.1 Å². The quantitative estimate of drug-likeness (QED) is 0.508. The minimum Gasteiger partial charge on any atom is -0.356 e. The third kappa shape index (κ3) is 4.88. The molecule has 3 aromatic rings. The second-order valence-corrected chi connectivity index (χ2v) is 10.3. The normalized spacial score (nSPS) is 15.1. The van der Waals surface area contributed by atoms with Gasteiger partial charge in [-0.1, -0.05) is 23.7 Å². The molecule has 0 aliphatic carbocycles. The highest BCUT2D eigenvalue weighted by Crippen LogP contribution is 2.39. The second-order valence-electron chi connectivity index (χ2n) is 8.62. The van der Waals surface area contributed by atoms with Crippen molar-refractivity contribution >= 4 is 34.6 Å². The Labute approximate surface area is 203 Å². The standard InChI is InChI=1S/C24H29ClN6OS/c1-14-15(2)33-24-21(14)22(17-7-9-18(25)10-8-17)27-19(23-29-28-16(3)31(23)24)13-20(32)26-11-6-12-30(4)5/h7-10,19H,6,11-13H2,1-5H3,(H,26,32). The van der Waals surface area contributed by atoms with Gasteiger partial charge in [-0.15, -0.1) is 21.5 Å². The van der Waals surface area contributed by atoms with Crippen LogP contribution in [0.1, 0.15) is 52.1 Å². The highest BCUT2D eigenvalue weighted by Gasteiger charge is 2.32. The number of amides is 1. The van der Waals surface area contributed by atoms with Crippen molar-refractivity contribution in [2.75, 3.05) is 27.2 Å². The fourth-order valence-corrected chi connectivity index (χ4v) is 5.34. The predicted octanol–water partition coefficient (Wildman–Crippen LogP) is 4.26. The molecule has 0 radical (unpaired) electrons. The molecule has 1 aromatic carbocycles. The monoisotopic (exact) mass is 484 g/mol. The van der Waals surface area contributed by atoms with Crippen molar-refractivity contribution < 1.29 is 4.79 Å². The molecule has 0 fully saturated rings. The highest BCUT2D eigenvalue weighted by atomic mass is 35.5. The molecule has 3 heterocycles. The maximum absolute atomic E-state index is 12.8. The van der Waals surface area contributed by atoms with Crippen LogP contribution in [0.15, 0.2) is 29.3 Å². The summed E-state index contributed by atoms with van der Waals surface area (Å²) in [5.74, 6) is 1.45. The smallest absolute Gasteiger partial charge is 0.222 e. The summed E-state index contributed by atoms with van der Waals surface area (Å²) in [6, 6.07) is 7.27. The summed E-state index contributed by atoms with van der Waals surface area (Å²) in [4.78, 5) is 21.3. The molecule has 1 aliphatic heterocycles. The van der Waals surface area contributed by atoms with Gasteiger partial charge in [0.15, 0.2) is 5.82 Å². The number of aromatic nitrogens is 3. The van der Waals surface area contributed by atoms with Gasteiger partial charge in [-0.3, -0.25) is 14.4 Å². The first-order chi connectivity index (χ1) is 15.8. The fraction of sp³-hybridized carbons (Fsp3) is 0.417. The number of aryl methyl sites for hydroxylation is 2. The third-order valence-electron chi connectivity index (χ3n) is 5.84. The molecule has 1 atom stereocenters. The van der Waals surface area contributed by atoms with Crippen molar-refractivity contribution in [3.05, 3.63) is 62.5 Å². The summed E-state index contributed by atoms with van der Waals surface area (Å²) >= 11 is 7.86. The number of carbonyl (C=O) groups is 1. The first-order valence-corrected chi connectivity index (χ1v) is 12.2. The van der Waals surface area contributed by atoms with Crippen LogP contribution < -0.4 is 5.32 Å². The largest absolute Gasteiger partial charge is 0.356 e. The van der Waals surface area contributed by atoms with E-state index in [0.29, 0.717) is 17.4 Å². The van der Waals surface area contributed by atoms with Gasteiger partial charge in [0.25, 0.3) is 0 Å². The lowest BCUT2D eigenvalue weighted by Crippen LogP contribution is -2.28. The molecule has 0 saturated carbocycles. The Balaban J connectivity index is 1.75. The number of fused-ring (bicyclic) bond motifs is 3. The molecule has 1 unspecified atom stereocenters. The maximum Gasteiger partial charge on any atom is 0.222 e. The van der Waals surface area contributed by atoms with E-state index < -0.39 is 6.04 Å². The summed E-state index contributed by atoms with van der Waals surface area (Å²) < 4.78 is 2.07. The first kappa shape index (κ1) is 23.6. The van der Waals surface area contributed by atoms with Crippen LogP contribution in [-0.4, -0.2) is 58.5 Å². The molecule has 33 heavy (non-hydrogen) atoms. The lowest BCUT2D eigenvalue weighted by molar-refractivity contribution is -0.121. The average Bonchev–Trinajstić information content (AvgIpc) is 3.24. The van der Waals surface area contributed by atoms with E-state index in [1.54, 1.807) is 11.3 Å². The molecule has 0 spiro atoms. The van der Waals surface area contributed by atoms with Gasteiger partial charge >= 0.3 is 0 Å². The van der Waals surface area contributed by atoms with Crippen LogP contribution in [0.25, 0.3) is 5.00 Å². The first-order valence-electron chi connectivity index (χ1n) is 11.0. The van der Waals surface area contributed by atoms with E-state index in [2.05, 4.69) is 38.8 Å². The maximum atomic E-state index is 12.8. The zero-order valence-electron chi connectivity index (χ0n) is 19.6. The zero-order valence-corrected chi connectivity index (χ0v) is 21.2. The van der Waals surface area contributed by atoms with Crippen LogP contribution >= 0.6 is 22.9 Å². The van der Waals surface area contributed by atoms with E-state index >= 15 is 0 Å². The molecular formula is C24H29ClN6OS. The Hall–Kier alpha value is -2.55. The number of rotatable bonds is 7. The van der Waals surface area contributed by atoms with Crippen molar-refractivity contribution in [1.82, 2.24) is 25.0 Å². The number of thiophene rings is 1. The van der Waals surface area contributed by atoms with E-state index in [4.69, 9.17) is 16.6 Å². The summed E-state index contributed by atoms with van der Waals surface area (Å²) in [5.41, 5.74) is 4.07. The van der Waals surface area contributed by atoms with Crippen LogP contribution in [0, 0.1) is 20.8 Å². The molecule has 1 aliphatic rings. The third-order valence-corrected chi connectivity index (χ3v) is 7.28. The lowest BCUT2D eigenvalue weighted by atomic mass is 9.99. The van der Waals surface area contributed by atoms with E-state index in [1.807, 2.05) is 45.3 Å². The minimum absolute atomic E-state index is 0.0386. The Bertz CT molecular complexity index is 1190. The topological polar surface area (TPSA) is 75.4 Å². The number of aliphatic imine (C=N–C) groups is 1. The summed E-state index contributed by atoms with van der Waals surface area (Å²) in [6.07, 6.45) is 1.11. The second kappa shape index (κ2) is 9.75. The van der Waals surface area contributed by atoms with Crippen LogP contribution in [-0.2, 0) is 4.79 Å². The average molecular weight is 485 g/mol. The van der Waals surface area contributed by atoms with Crippen LogP contribution in [0.4, 0.5) is 0 Å². The van der Waals surface area contributed by atoms with Crippen molar-refractivity contribution in [2.24, 2.45) is 4.99 Å². The number of carbonyl (C=O) groups excluding carboxylic acids is 1. The van der Waals surface area contributed by atoms with Crippen molar-refractivity contribution in [3.63, 3.8) is 0 Å². The summed E-state index contributed by atoms with van der Waals surface area (Å²) in [7, 11) is 4.05. The molecule has 0 bridgehead atoms. The van der Waals surface area contributed by atoms with Crippen molar-refractivity contribution in [3.8, 4) is 5.00 Å². The van der Waals surface area contributed by atoms with E-state index in [1.165, 1.54) is 10.4 Å². The molecule has 1 N–H and O–H groups in total. The van der Waals surface area contributed by atoms with Gasteiger partial charge in [0, 0.05) is 27.6 Å².